The largest absolute Gasteiger partial charge is 0.366 e. The van der Waals surface area contributed by atoms with Crippen LogP contribution in [0.3, 0.4) is 0 Å². The Hall–Kier alpha value is -2.28. The first-order chi connectivity index (χ1) is 11.1. The van der Waals surface area contributed by atoms with E-state index in [1.165, 1.54) is 6.21 Å². The Bertz CT molecular complexity index is 561. The second-order valence-corrected chi connectivity index (χ2v) is 5.26. The molecule has 0 aliphatic rings. The molecule has 1 aromatic carbocycles. The summed E-state index contributed by atoms with van der Waals surface area (Å²) in [5, 5.41) is 11.5. The van der Waals surface area contributed by atoms with Crippen molar-refractivity contribution < 1.29 is 4.79 Å². The Morgan fingerprint density at radius 2 is 2.09 bits per heavy atom. The summed E-state index contributed by atoms with van der Waals surface area (Å²) in [4.78, 5) is 12.1. The molecule has 1 aromatic rings. The zero-order chi connectivity index (χ0) is 17.1. The number of nitrogens with zero attached hydrogens (tertiary/aromatic N) is 3. The van der Waals surface area contributed by atoms with Crippen molar-refractivity contribution in [1.82, 2.24) is 10.3 Å². The first-order valence-electron chi connectivity index (χ1n) is 7.50. The number of nitrogens with one attached hydrogen (secondary N) is 1. The van der Waals surface area contributed by atoms with Crippen LogP contribution in [0.1, 0.15) is 38.2 Å². The SMILES string of the molecule is CCCCCCNC(=O)N(/N=C/c1ccccc1Cl)/C(N)=N/N. The fourth-order valence-electron chi connectivity index (χ4n) is 1.79. The van der Waals surface area contributed by atoms with E-state index in [0.717, 1.165) is 30.7 Å². The maximum absolute atomic E-state index is 12.1. The maximum Gasteiger partial charge on any atom is 0.345 e. The number of hydrazone groups is 2. The maximum atomic E-state index is 12.1. The Morgan fingerprint density at radius 1 is 1.35 bits per heavy atom. The van der Waals surface area contributed by atoms with Gasteiger partial charge in [-0.25, -0.2) is 4.79 Å². The van der Waals surface area contributed by atoms with Crippen molar-refractivity contribution in [1.29, 1.82) is 0 Å². The molecule has 0 aliphatic carbocycles. The molecule has 0 fully saturated rings. The van der Waals surface area contributed by atoms with E-state index in [9.17, 15) is 4.79 Å². The Labute approximate surface area is 141 Å². The lowest BCUT2D eigenvalue weighted by molar-refractivity contribution is 0.221. The molecule has 5 N–H and O–H groups in total. The van der Waals surface area contributed by atoms with Crippen LogP contribution in [0.5, 0.6) is 0 Å². The molecule has 0 aliphatic heterocycles. The fourth-order valence-corrected chi connectivity index (χ4v) is 1.98. The molecule has 2 amide bonds. The van der Waals surface area contributed by atoms with Crippen molar-refractivity contribution in [3.05, 3.63) is 34.9 Å². The number of urea groups is 1. The van der Waals surface area contributed by atoms with Crippen LogP contribution in [0.4, 0.5) is 4.79 Å². The summed E-state index contributed by atoms with van der Waals surface area (Å²) in [5.41, 5.74) is 6.27. The summed E-state index contributed by atoms with van der Waals surface area (Å²) in [5.74, 6) is 4.94. The molecular formula is C15H23ClN6O. The van der Waals surface area contributed by atoms with Crippen LogP contribution in [0, 0.1) is 0 Å². The van der Waals surface area contributed by atoms with Crippen LogP contribution in [0.15, 0.2) is 34.5 Å². The first-order valence-corrected chi connectivity index (χ1v) is 7.87. The minimum atomic E-state index is -0.489. The number of amides is 2. The van der Waals surface area contributed by atoms with Crippen LogP contribution in [-0.4, -0.2) is 29.8 Å². The molecule has 0 spiro atoms. The number of hydrogen-bond donors (Lipinski definition) is 3. The Kier molecular flexibility index (Phi) is 8.52. The third-order valence-corrected chi connectivity index (χ3v) is 3.41. The highest BCUT2D eigenvalue weighted by molar-refractivity contribution is 6.33. The van der Waals surface area contributed by atoms with Gasteiger partial charge in [-0.2, -0.15) is 5.10 Å². The van der Waals surface area contributed by atoms with E-state index in [-0.39, 0.29) is 5.96 Å². The quantitative estimate of drug-likeness (QED) is 0.233. The molecule has 126 valence electrons. The van der Waals surface area contributed by atoms with Gasteiger partial charge in [0.05, 0.1) is 6.21 Å². The van der Waals surface area contributed by atoms with Gasteiger partial charge in [0.15, 0.2) is 0 Å². The number of hydrogen-bond acceptors (Lipinski definition) is 4. The molecule has 8 heteroatoms. The fraction of sp³-hybridized carbons (Fsp3) is 0.400. The van der Waals surface area contributed by atoms with Gasteiger partial charge < -0.3 is 16.9 Å². The van der Waals surface area contributed by atoms with E-state index in [0.29, 0.717) is 17.1 Å². The van der Waals surface area contributed by atoms with Crippen molar-refractivity contribution in [2.75, 3.05) is 6.54 Å². The molecule has 0 bridgehead atoms. The van der Waals surface area contributed by atoms with E-state index in [1.54, 1.807) is 18.2 Å². The predicted molar refractivity (Wildman–Crippen MR) is 94.2 cm³/mol. The zero-order valence-electron chi connectivity index (χ0n) is 13.2. The number of carbonyl (C=O) groups excluding carboxylic acids is 1. The van der Waals surface area contributed by atoms with Crippen molar-refractivity contribution in [3.8, 4) is 0 Å². The lowest BCUT2D eigenvalue weighted by Crippen LogP contribution is -2.45. The smallest absolute Gasteiger partial charge is 0.345 e. The minimum absolute atomic E-state index is 0.209. The molecule has 0 unspecified atom stereocenters. The second-order valence-electron chi connectivity index (χ2n) is 4.86. The normalized spacial score (nSPS) is 11.7. The lowest BCUT2D eigenvalue weighted by Gasteiger charge is -2.16. The molecule has 0 radical (unpaired) electrons. The first kappa shape index (κ1) is 18.8. The van der Waals surface area contributed by atoms with Gasteiger partial charge in [0.1, 0.15) is 0 Å². The van der Waals surface area contributed by atoms with Gasteiger partial charge in [-0.3, -0.25) is 0 Å². The van der Waals surface area contributed by atoms with Gasteiger partial charge in [0.25, 0.3) is 0 Å². The second kappa shape index (κ2) is 10.4. The van der Waals surface area contributed by atoms with Crippen LogP contribution >= 0.6 is 11.6 Å². The monoisotopic (exact) mass is 338 g/mol. The molecule has 0 atom stereocenters. The molecular weight excluding hydrogens is 316 g/mol. The summed E-state index contributed by atoms with van der Waals surface area (Å²) in [6.45, 7) is 2.66. The van der Waals surface area contributed by atoms with Gasteiger partial charge >= 0.3 is 6.03 Å². The van der Waals surface area contributed by atoms with Gasteiger partial charge in [-0.1, -0.05) is 56.0 Å². The average Bonchev–Trinajstić information content (AvgIpc) is 2.56. The topological polar surface area (TPSA) is 109 Å². The highest BCUT2D eigenvalue weighted by atomic mass is 35.5. The van der Waals surface area contributed by atoms with E-state index in [4.69, 9.17) is 23.2 Å². The molecule has 0 saturated heterocycles. The zero-order valence-corrected chi connectivity index (χ0v) is 14.0. The molecule has 23 heavy (non-hydrogen) atoms. The predicted octanol–water partition coefficient (Wildman–Crippen LogP) is 2.45. The number of halogens is 1. The van der Waals surface area contributed by atoms with E-state index in [2.05, 4.69) is 22.4 Å². The number of unbranched alkanes of at least 4 members (excludes halogenated alkanes) is 3. The van der Waals surface area contributed by atoms with Gasteiger partial charge in [-0.15, -0.1) is 10.1 Å². The van der Waals surface area contributed by atoms with E-state index < -0.39 is 6.03 Å². The lowest BCUT2D eigenvalue weighted by atomic mass is 10.2. The standard InChI is InChI=1S/C15H23ClN6O/c1-2-3-4-7-10-19-15(23)22(14(17)21-18)20-11-12-8-5-6-9-13(12)16/h5-6,8-9,11H,2-4,7,10,18H2,1H3,(H2,17,21)(H,19,23)/b20-11+. The van der Waals surface area contributed by atoms with E-state index >= 15 is 0 Å². The molecule has 1 rings (SSSR count). The van der Waals surface area contributed by atoms with Gasteiger partial charge in [0, 0.05) is 17.1 Å². The molecule has 7 nitrogen and oxygen atoms in total. The summed E-state index contributed by atoms with van der Waals surface area (Å²) in [7, 11) is 0. The Balaban J connectivity index is 2.69. The number of rotatable bonds is 7. The number of carbonyl (C=O) groups is 1. The molecule has 0 heterocycles. The van der Waals surface area contributed by atoms with Crippen LogP contribution in [0.25, 0.3) is 0 Å². The van der Waals surface area contributed by atoms with Crippen molar-refractivity contribution in [2.45, 2.75) is 32.6 Å². The minimum Gasteiger partial charge on any atom is -0.366 e. The molecule has 0 aromatic heterocycles. The van der Waals surface area contributed by atoms with Crippen molar-refractivity contribution in [2.24, 2.45) is 21.8 Å². The number of benzene rings is 1. The number of guanidine groups is 1. The van der Waals surface area contributed by atoms with Gasteiger partial charge in [0.2, 0.25) is 5.96 Å². The van der Waals surface area contributed by atoms with Crippen LogP contribution in [-0.2, 0) is 0 Å². The van der Waals surface area contributed by atoms with Crippen LogP contribution < -0.4 is 16.9 Å². The molecule has 0 saturated carbocycles. The summed E-state index contributed by atoms with van der Waals surface area (Å²) >= 11 is 6.04. The van der Waals surface area contributed by atoms with Gasteiger partial charge in [-0.05, 0) is 12.5 Å². The summed E-state index contributed by atoms with van der Waals surface area (Å²) in [6, 6.07) is 6.61. The van der Waals surface area contributed by atoms with E-state index in [1.807, 2.05) is 6.07 Å². The number of nitrogens with two attached hydrogens (primary N) is 2. The summed E-state index contributed by atoms with van der Waals surface area (Å²) in [6.07, 6.45) is 5.64. The van der Waals surface area contributed by atoms with Crippen molar-refractivity contribution in [3.63, 3.8) is 0 Å². The average molecular weight is 339 g/mol. The van der Waals surface area contributed by atoms with Crippen LogP contribution in [0.2, 0.25) is 5.02 Å². The third-order valence-electron chi connectivity index (χ3n) is 3.07. The highest BCUT2D eigenvalue weighted by Gasteiger charge is 2.15. The van der Waals surface area contributed by atoms with Crippen molar-refractivity contribution >= 4 is 29.8 Å². The highest BCUT2D eigenvalue weighted by Crippen LogP contribution is 2.12. The summed E-state index contributed by atoms with van der Waals surface area (Å²) < 4.78 is 0. The third kappa shape index (κ3) is 6.56. The Morgan fingerprint density at radius 3 is 2.74 bits per heavy atom.